The second-order valence-corrected chi connectivity index (χ2v) is 5.52. The average Bonchev–Trinajstić information content (AvgIpc) is 3.00. The SMILES string of the molecule is Clc1ccccc1-c1cccc2c1ccn2-c1cccnc1. The van der Waals surface area contributed by atoms with Gasteiger partial charge in [0.2, 0.25) is 0 Å². The Morgan fingerprint density at radius 2 is 1.68 bits per heavy atom. The zero-order valence-electron chi connectivity index (χ0n) is 11.8. The van der Waals surface area contributed by atoms with Gasteiger partial charge in [0.25, 0.3) is 0 Å². The molecule has 3 heteroatoms. The van der Waals surface area contributed by atoms with Crippen LogP contribution in [0.3, 0.4) is 0 Å². The van der Waals surface area contributed by atoms with Crippen LogP contribution >= 0.6 is 11.6 Å². The van der Waals surface area contributed by atoms with E-state index in [1.807, 2.05) is 30.5 Å². The van der Waals surface area contributed by atoms with Crippen molar-refractivity contribution in [3.05, 3.63) is 84.3 Å². The molecule has 4 aromatic rings. The van der Waals surface area contributed by atoms with E-state index in [1.165, 1.54) is 5.39 Å². The Kier molecular flexibility index (Phi) is 3.17. The molecule has 2 aromatic carbocycles. The summed E-state index contributed by atoms with van der Waals surface area (Å²) in [7, 11) is 0. The third-order valence-corrected chi connectivity index (χ3v) is 4.15. The normalized spacial score (nSPS) is 11.0. The summed E-state index contributed by atoms with van der Waals surface area (Å²) in [6, 6.07) is 20.3. The maximum atomic E-state index is 6.37. The monoisotopic (exact) mass is 304 g/mol. The highest BCUT2D eigenvalue weighted by Crippen LogP contribution is 2.34. The second kappa shape index (κ2) is 5.32. The number of nitrogens with zero attached hydrogens (tertiary/aromatic N) is 2. The molecule has 0 bridgehead atoms. The fourth-order valence-corrected chi connectivity index (χ4v) is 3.04. The van der Waals surface area contributed by atoms with Gasteiger partial charge < -0.3 is 4.57 Å². The van der Waals surface area contributed by atoms with Crippen LogP contribution in [0.2, 0.25) is 5.02 Å². The number of pyridine rings is 1. The first-order valence-corrected chi connectivity index (χ1v) is 7.48. The summed E-state index contributed by atoms with van der Waals surface area (Å²) < 4.78 is 2.14. The molecule has 0 aliphatic carbocycles. The molecule has 2 heterocycles. The Morgan fingerprint density at radius 3 is 2.50 bits per heavy atom. The number of fused-ring (bicyclic) bond motifs is 1. The number of hydrogen-bond donors (Lipinski definition) is 0. The van der Waals surface area contributed by atoms with Crippen LogP contribution in [-0.2, 0) is 0 Å². The molecule has 2 nitrogen and oxygen atoms in total. The van der Waals surface area contributed by atoms with Crippen LogP contribution < -0.4 is 0 Å². The molecule has 0 atom stereocenters. The van der Waals surface area contributed by atoms with Gasteiger partial charge in [-0.2, -0.15) is 0 Å². The van der Waals surface area contributed by atoms with Crippen molar-refractivity contribution in [1.82, 2.24) is 9.55 Å². The summed E-state index contributed by atoms with van der Waals surface area (Å²) in [6.45, 7) is 0. The molecule has 106 valence electrons. The number of aromatic nitrogens is 2. The van der Waals surface area contributed by atoms with Crippen molar-refractivity contribution in [2.75, 3.05) is 0 Å². The van der Waals surface area contributed by atoms with Crippen molar-refractivity contribution < 1.29 is 0 Å². The Labute approximate surface area is 133 Å². The van der Waals surface area contributed by atoms with Crippen LogP contribution in [0.1, 0.15) is 0 Å². The molecule has 0 fully saturated rings. The molecule has 0 saturated heterocycles. The van der Waals surface area contributed by atoms with Gasteiger partial charge in [0.05, 0.1) is 17.4 Å². The lowest BCUT2D eigenvalue weighted by Crippen LogP contribution is -1.92. The number of hydrogen-bond acceptors (Lipinski definition) is 1. The highest BCUT2D eigenvalue weighted by atomic mass is 35.5. The minimum Gasteiger partial charge on any atom is -0.315 e. The van der Waals surface area contributed by atoms with Crippen molar-refractivity contribution in [2.45, 2.75) is 0 Å². The van der Waals surface area contributed by atoms with Crippen LogP contribution in [0.15, 0.2) is 79.3 Å². The van der Waals surface area contributed by atoms with Crippen molar-refractivity contribution in [3.8, 4) is 16.8 Å². The Morgan fingerprint density at radius 1 is 0.818 bits per heavy atom. The molecule has 0 spiro atoms. The van der Waals surface area contributed by atoms with Gasteiger partial charge >= 0.3 is 0 Å². The highest BCUT2D eigenvalue weighted by Gasteiger charge is 2.10. The van der Waals surface area contributed by atoms with Gasteiger partial charge in [0, 0.05) is 28.4 Å². The third kappa shape index (κ3) is 2.09. The summed E-state index contributed by atoms with van der Waals surface area (Å²) in [5, 5.41) is 1.95. The minimum absolute atomic E-state index is 0.768. The molecule has 4 rings (SSSR count). The maximum Gasteiger partial charge on any atom is 0.0639 e. The van der Waals surface area contributed by atoms with E-state index < -0.39 is 0 Å². The van der Waals surface area contributed by atoms with Crippen LogP contribution in [-0.4, -0.2) is 9.55 Å². The Bertz CT molecular complexity index is 942. The van der Waals surface area contributed by atoms with Gasteiger partial charge in [0.15, 0.2) is 0 Å². The van der Waals surface area contributed by atoms with Crippen LogP contribution in [0.5, 0.6) is 0 Å². The van der Waals surface area contributed by atoms with E-state index in [0.717, 1.165) is 27.4 Å². The summed E-state index contributed by atoms with van der Waals surface area (Å²) in [6.07, 6.45) is 5.72. The summed E-state index contributed by atoms with van der Waals surface area (Å²) >= 11 is 6.37. The Balaban J connectivity index is 1.97. The Hall–Kier alpha value is -2.58. The topological polar surface area (TPSA) is 17.8 Å². The van der Waals surface area contributed by atoms with Crippen LogP contribution in [0.25, 0.3) is 27.7 Å². The minimum atomic E-state index is 0.768. The highest BCUT2D eigenvalue weighted by molar-refractivity contribution is 6.33. The molecule has 0 amide bonds. The van der Waals surface area contributed by atoms with E-state index in [2.05, 4.69) is 52.1 Å². The molecular formula is C19H13ClN2. The lowest BCUT2D eigenvalue weighted by molar-refractivity contribution is 1.10. The predicted molar refractivity (Wildman–Crippen MR) is 91.5 cm³/mol. The fraction of sp³-hybridized carbons (Fsp3) is 0. The molecular weight excluding hydrogens is 292 g/mol. The van der Waals surface area contributed by atoms with Gasteiger partial charge in [-0.25, -0.2) is 0 Å². The predicted octanol–water partition coefficient (Wildman–Crippen LogP) is 5.35. The van der Waals surface area contributed by atoms with Gasteiger partial charge in [-0.3, -0.25) is 4.98 Å². The van der Waals surface area contributed by atoms with Crippen molar-refractivity contribution in [2.24, 2.45) is 0 Å². The fourth-order valence-electron chi connectivity index (χ4n) is 2.80. The van der Waals surface area contributed by atoms with Crippen LogP contribution in [0.4, 0.5) is 0 Å². The largest absolute Gasteiger partial charge is 0.315 e. The third-order valence-electron chi connectivity index (χ3n) is 3.82. The number of rotatable bonds is 2. The first kappa shape index (κ1) is 13.1. The van der Waals surface area contributed by atoms with Gasteiger partial charge in [-0.05, 0) is 35.9 Å². The molecule has 22 heavy (non-hydrogen) atoms. The van der Waals surface area contributed by atoms with E-state index >= 15 is 0 Å². The van der Waals surface area contributed by atoms with E-state index in [1.54, 1.807) is 6.20 Å². The van der Waals surface area contributed by atoms with Crippen molar-refractivity contribution in [3.63, 3.8) is 0 Å². The van der Waals surface area contributed by atoms with Crippen LogP contribution in [0, 0.1) is 0 Å². The zero-order valence-corrected chi connectivity index (χ0v) is 12.5. The lowest BCUT2D eigenvalue weighted by atomic mass is 10.0. The van der Waals surface area contributed by atoms with E-state index in [4.69, 9.17) is 11.6 Å². The standard InChI is InChI=1S/C19H13ClN2/c20-18-8-2-1-6-16(18)15-7-3-9-19-17(15)10-12-22(19)14-5-4-11-21-13-14/h1-13H. The zero-order chi connectivity index (χ0) is 14.9. The quantitative estimate of drug-likeness (QED) is 0.488. The number of halogens is 1. The van der Waals surface area contributed by atoms with Crippen molar-refractivity contribution in [1.29, 1.82) is 0 Å². The molecule has 0 aliphatic rings. The second-order valence-electron chi connectivity index (χ2n) is 5.12. The summed E-state index contributed by atoms with van der Waals surface area (Å²) in [5.41, 5.74) is 4.39. The number of benzene rings is 2. The molecule has 0 saturated carbocycles. The first-order chi connectivity index (χ1) is 10.8. The smallest absolute Gasteiger partial charge is 0.0639 e. The summed E-state index contributed by atoms with van der Waals surface area (Å²) in [4.78, 5) is 4.20. The lowest BCUT2D eigenvalue weighted by Gasteiger charge is -2.08. The van der Waals surface area contributed by atoms with E-state index in [-0.39, 0.29) is 0 Å². The molecule has 0 aliphatic heterocycles. The first-order valence-electron chi connectivity index (χ1n) is 7.10. The maximum absolute atomic E-state index is 6.37. The summed E-state index contributed by atoms with van der Waals surface area (Å²) in [5.74, 6) is 0. The van der Waals surface area contributed by atoms with E-state index in [0.29, 0.717) is 0 Å². The average molecular weight is 305 g/mol. The van der Waals surface area contributed by atoms with Gasteiger partial charge in [0.1, 0.15) is 0 Å². The van der Waals surface area contributed by atoms with E-state index in [9.17, 15) is 0 Å². The molecule has 0 N–H and O–H groups in total. The van der Waals surface area contributed by atoms with Gasteiger partial charge in [-0.1, -0.05) is 41.9 Å². The molecule has 0 radical (unpaired) electrons. The van der Waals surface area contributed by atoms with Gasteiger partial charge in [-0.15, -0.1) is 0 Å². The molecule has 2 aromatic heterocycles. The molecule has 0 unspecified atom stereocenters. The van der Waals surface area contributed by atoms with Crippen molar-refractivity contribution >= 4 is 22.5 Å².